The van der Waals surface area contributed by atoms with E-state index in [9.17, 15) is 0 Å². The standard InChI is InChI=1S/C28H62P4/c1-10-19-29(20-11-2)27(18-9)28(30(21-12-3)22-13-4,31(23-14-5)24-15-6)32(25-16-7)26-17-8/h27H,10-26H2,1-9H3. The summed E-state index contributed by atoms with van der Waals surface area (Å²) in [5, 5.41) is 0. The molecule has 194 valence electrons. The Labute approximate surface area is 211 Å². The molecule has 0 rings (SSSR count). The molecule has 0 aromatic carbocycles. The van der Waals surface area contributed by atoms with Gasteiger partial charge in [-0.25, -0.2) is 0 Å². The van der Waals surface area contributed by atoms with Crippen LogP contribution in [0.2, 0.25) is 0 Å². The summed E-state index contributed by atoms with van der Waals surface area (Å²) in [6.45, 7) is 22.6. The Bertz CT molecular complexity index is 349. The molecule has 0 saturated carbocycles. The highest BCUT2D eigenvalue weighted by Gasteiger charge is 2.54. The molecule has 0 aliphatic heterocycles. The molecule has 0 aromatic rings. The average molecular weight is 523 g/mol. The van der Waals surface area contributed by atoms with Crippen molar-refractivity contribution >= 4 is 31.7 Å². The molecule has 0 fully saturated rings. The molecule has 0 N–H and O–H groups in total. The molecule has 0 heterocycles. The average Bonchev–Trinajstić information content (AvgIpc) is 2.77. The Hall–Kier alpha value is 1.72. The van der Waals surface area contributed by atoms with Crippen molar-refractivity contribution in [3.8, 4) is 0 Å². The minimum Gasteiger partial charge on any atom is -0.102 e. The SMILES string of the molecule is CCCP(CCC)C(CC)C(P(CCC)CCC)(P(CCC)CCC)P(CCC)CCC. The van der Waals surface area contributed by atoms with Gasteiger partial charge < -0.3 is 0 Å². The van der Waals surface area contributed by atoms with Crippen LogP contribution in [-0.4, -0.2) is 59.6 Å². The number of rotatable bonds is 22. The third kappa shape index (κ3) is 9.64. The van der Waals surface area contributed by atoms with Crippen LogP contribution in [0.15, 0.2) is 0 Å². The van der Waals surface area contributed by atoms with Crippen molar-refractivity contribution in [2.75, 3.05) is 49.3 Å². The zero-order valence-corrected chi connectivity index (χ0v) is 27.5. The van der Waals surface area contributed by atoms with Gasteiger partial charge in [0.2, 0.25) is 0 Å². The van der Waals surface area contributed by atoms with Gasteiger partial charge >= 0.3 is 0 Å². The van der Waals surface area contributed by atoms with Crippen LogP contribution in [0.1, 0.15) is 120 Å². The van der Waals surface area contributed by atoms with Crippen molar-refractivity contribution in [3.63, 3.8) is 0 Å². The molecule has 0 spiro atoms. The molecular weight excluding hydrogens is 460 g/mol. The maximum Gasteiger partial charge on any atom is 0.0367 e. The molecule has 0 aliphatic rings. The van der Waals surface area contributed by atoms with Crippen LogP contribution >= 0.6 is 31.7 Å². The molecule has 0 aliphatic carbocycles. The highest BCUT2D eigenvalue weighted by atomic mass is 31.2. The molecule has 1 atom stereocenters. The first kappa shape index (κ1) is 33.7. The topological polar surface area (TPSA) is 0 Å². The molecule has 0 radical (unpaired) electrons. The monoisotopic (exact) mass is 522 g/mol. The van der Waals surface area contributed by atoms with Crippen molar-refractivity contribution in [2.24, 2.45) is 0 Å². The normalized spacial score (nSPS) is 13.8. The second kappa shape index (κ2) is 20.9. The first-order chi connectivity index (χ1) is 15.5. The van der Waals surface area contributed by atoms with Gasteiger partial charge in [0.05, 0.1) is 0 Å². The van der Waals surface area contributed by atoms with E-state index in [4.69, 9.17) is 0 Å². The Morgan fingerprint density at radius 1 is 0.406 bits per heavy atom. The van der Waals surface area contributed by atoms with Gasteiger partial charge in [-0.3, -0.25) is 0 Å². The van der Waals surface area contributed by atoms with Gasteiger partial charge in [0.25, 0.3) is 0 Å². The summed E-state index contributed by atoms with van der Waals surface area (Å²) >= 11 is 0. The van der Waals surface area contributed by atoms with Crippen molar-refractivity contribution in [3.05, 3.63) is 0 Å². The van der Waals surface area contributed by atoms with Crippen molar-refractivity contribution in [1.29, 1.82) is 0 Å². The predicted octanol–water partition coefficient (Wildman–Crippen LogP) is 11.6. The van der Waals surface area contributed by atoms with Gasteiger partial charge in [-0.05, 0) is 61.4 Å². The van der Waals surface area contributed by atoms with E-state index in [-0.39, 0.29) is 31.7 Å². The Balaban J connectivity index is 7.14. The maximum atomic E-state index is 2.63. The van der Waals surface area contributed by atoms with Crippen molar-refractivity contribution in [1.82, 2.24) is 0 Å². The Morgan fingerprint density at radius 3 is 0.844 bits per heavy atom. The second-order valence-electron chi connectivity index (χ2n) is 9.61. The van der Waals surface area contributed by atoms with Crippen LogP contribution in [0, 0.1) is 0 Å². The number of hydrogen-bond acceptors (Lipinski definition) is 0. The Kier molecular flexibility index (Phi) is 22.0. The van der Waals surface area contributed by atoms with Gasteiger partial charge in [0.1, 0.15) is 0 Å². The molecular formula is C28H62P4. The number of hydrogen-bond donors (Lipinski definition) is 0. The minimum atomic E-state index is 0.141. The fraction of sp³-hybridized carbons (Fsp3) is 1.00. The van der Waals surface area contributed by atoms with Gasteiger partial charge in [-0.1, -0.05) is 137 Å². The lowest BCUT2D eigenvalue weighted by atomic mass is 10.3. The molecule has 0 saturated heterocycles. The second-order valence-corrected chi connectivity index (χ2v) is 21.4. The fourth-order valence-corrected chi connectivity index (χ4v) is 28.0. The van der Waals surface area contributed by atoms with Crippen LogP contribution in [-0.2, 0) is 0 Å². The quantitative estimate of drug-likeness (QED) is 0.124. The van der Waals surface area contributed by atoms with E-state index in [0.29, 0.717) is 0 Å². The van der Waals surface area contributed by atoms with Crippen LogP contribution in [0.3, 0.4) is 0 Å². The lowest BCUT2D eigenvalue weighted by Gasteiger charge is -2.59. The largest absolute Gasteiger partial charge is 0.102 e. The summed E-state index contributed by atoms with van der Waals surface area (Å²) in [6.07, 6.45) is 25.4. The minimum absolute atomic E-state index is 0.141. The van der Waals surface area contributed by atoms with Gasteiger partial charge in [-0.2, -0.15) is 0 Å². The van der Waals surface area contributed by atoms with Crippen molar-refractivity contribution < 1.29 is 0 Å². The highest BCUT2D eigenvalue weighted by molar-refractivity contribution is 7.94. The van der Waals surface area contributed by atoms with Crippen LogP contribution in [0.5, 0.6) is 0 Å². The molecule has 32 heavy (non-hydrogen) atoms. The molecule has 0 bridgehead atoms. The summed E-state index contributed by atoms with van der Waals surface area (Å²) in [4.78, 5) is 0. The summed E-state index contributed by atoms with van der Waals surface area (Å²) in [7, 11) is 0.598. The molecule has 1 unspecified atom stereocenters. The van der Waals surface area contributed by atoms with E-state index < -0.39 is 0 Å². The van der Waals surface area contributed by atoms with E-state index in [1.54, 1.807) is 49.3 Å². The molecule has 4 heteroatoms. The zero-order chi connectivity index (χ0) is 24.4. The third-order valence-corrected chi connectivity index (χ3v) is 25.7. The summed E-state index contributed by atoms with van der Waals surface area (Å²) in [5.41, 5.74) is 1.06. The van der Waals surface area contributed by atoms with Gasteiger partial charge in [0.15, 0.2) is 0 Å². The van der Waals surface area contributed by atoms with E-state index in [1.165, 1.54) is 57.8 Å². The molecule has 0 nitrogen and oxygen atoms in total. The van der Waals surface area contributed by atoms with Gasteiger partial charge in [0, 0.05) is 4.64 Å². The molecule has 0 amide bonds. The fourth-order valence-electron chi connectivity index (χ4n) is 5.95. The Morgan fingerprint density at radius 2 is 0.656 bits per heavy atom. The van der Waals surface area contributed by atoms with Crippen LogP contribution in [0.25, 0.3) is 0 Å². The van der Waals surface area contributed by atoms with E-state index in [2.05, 4.69) is 62.3 Å². The summed E-state index contributed by atoms with van der Waals surface area (Å²) < 4.78 is 0.773. The van der Waals surface area contributed by atoms with Gasteiger partial charge in [-0.15, -0.1) is 7.92 Å². The zero-order valence-electron chi connectivity index (χ0n) is 23.9. The molecule has 0 aromatic heterocycles. The smallest absolute Gasteiger partial charge is 0.0367 e. The summed E-state index contributed by atoms with van der Waals surface area (Å²) in [5.74, 6) is 0. The highest BCUT2D eigenvalue weighted by Crippen LogP contribution is 2.85. The van der Waals surface area contributed by atoms with Crippen LogP contribution in [0.4, 0.5) is 0 Å². The third-order valence-electron chi connectivity index (χ3n) is 6.65. The van der Waals surface area contributed by atoms with Crippen molar-refractivity contribution in [2.45, 2.75) is 130 Å². The van der Waals surface area contributed by atoms with E-state index in [0.717, 1.165) is 10.3 Å². The first-order valence-electron chi connectivity index (χ1n) is 14.5. The lowest BCUT2D eigenvalue weighted by molar-refractivity contribution is 0.795. The van der Waals surface area contributed by atoms with E-state index >= 15 is 0 Å². The summed E-state index contributed by atoms with van der Waals surface area (Å²) in [6, 6.07) is 0. The lowest BCUT2D eigenvalue weighted by Crippen LogP contribution is -2.41. The van der Waals surface area contributed by atoms with Crippen LogP contribution < -0.4 is 0 Å². The first-order valence-corrected chi connectivity index (χ1v) is 21.4. The predicted molar refractivity (Wildman–Crippen MR) is 166 cm³/mol. The van der Waals surface area contributed by atoms with E-state index in [1.807, 2.05) is 0 Å². The maximum absolute atomic E-state index is 2.63.